The van der Waals surface area contributed by atoms with E-state index in [9.17, 15) is 4.79 Å². The average molecular weight is 376 g/mol. The molecule has 2 aromatic carbocycles. The van der Waals surface area contributed by atoms with E-state index in [1.165, 1.54) is 0 Å². The van der Waals surface area contributed by atoms with E-state index in [2.05, 4.69) is 5.43 Å². The summed E-state index contributed by atoms with van der Waals surface area (Å²) in [6.45, 7) is 0. The lowest BCUT2D eigenvalue weighted by Crippen LogP contribution is -2.39. The van der Waals surface area contributed by atoms with Crippen molar-refractivity contribution in [2.24, 2.45) is 0 Å². The van der Waals surface area contributed by atoms with Crippen LogP contribution in [0.2, 0.25) is 0 Å². The Balaban J connectivity index is 1.67. The monoisotopic (exact) mass is 376 g/mol. The van der Waals surface area contributed by atoms with Crippen molar-refractivity contribution in [1.29, 1.82) is 0 Å². The van der Waals surface area contributed by atoms with Crippen LogP contribution >= 0.6 is 0 Å². The number of amides is 1. The Morgan fingerprint density at radius 3 is 2.46 bits per heavy atom. The number of rotatable bonds is 5. The molecule has 0 saturated carbocycles. The van der Waals surface area contributed by atoms with Crippen molar-refractivity contribution in [3.63, 3.8) is 0 Å². The topological polar surface area (TPSA) is 63.9 Å². The Labute approximate surface area is 163 Å². The fourth-order valence-corrected chi connectivity index (χ4v) is 3.14. The number of benzene rings is 2. The molecule has 1 N–H and O–H groups in total. The van der Waals surface area contributed by atoms with Crippen LogP contribution in [-0.2, 0) is 0 Å². The smallest absolute Gasteiger partial charge is 0.273 e. The lowest BCUT2D eigenvalue weighted by Gasteiger charge is -2.24. The normalized spacial score (nSPS) is 15.7. The zero-order valence-electron chi connectivity index (χ0n) is 15.6. The summed E-state index contributed by atoms with van der Waals surface area (Å²) in [4.78, 5) is 13.2. The number of hydrogen-bond acceptors (Lipinski definition) is 5. The maximum Gasteiger partial charge on any atom is 0.273 e. The second-order valence-corrected chi connectivity index (χ2v) is 6.29. The lowest BCUT2D eigenvalue weighted by atomic mass is 10.1. The number of carbonyl (C=O) groups excluding carboxylic acids is 1. The number of hydrazine groups is 1. The molecule has 0 saturated heterocycles. The SMILES string of the molecule is COc1ccc(C2=CC(c3ccco3)N(C(=O)c3cccc(OC)c3)N2)cc1. The highest BCUT2D eigenvalue weighted by Gasteiger charge is 2.33. The zero-order valence-corrected chi connectivity index (χ0v) is 15.6. The first-order valence-corrected chi connectivity index (χ1v) is 8.83. The number of nitrogens with one attached hydrogen (secondary N) is 1. The Morgan fingerprint density at radius 2 is 1.79 bits per heavy atom. The molecule has 6 heteroatoms. The van der Waals surface area contributed by atoms with Crippen molar-refractivity contribution in [2.45, 2.75) is 6.04 Å². The standard InChI is InChI=1S/C22H20N2O4/c1-26-17-10-8-15(9-11-17)19-14-20(21-7-4-12-28-21)24(23-19)22(25)16-5-3-6-18(13-16)27-2/h3-14,20,23H,1-2H3. The minimum atomic E-state index is -0.370. The van der Waals surface area contributed by atoms with E-state index in [-0.39, 0.29) is 11.9 Å². The fraction of sp³-hybridized carbons (Fsp3) is 0.136. The van der Waals surface area contributed by atoms with Gasteiger partial charge in [0.15, 0.2) is 0 Å². The third kappa shape index (κ3) is 3.32. The van der Waals surface area contributed by atoms with Gasteiger partial charge in [0.25, 0.3) is 5.91 Å². The van der Waals surface area contributed by atoms with Crippen LogP contribution in [0.15, 0.2) is 77.4 Å². The number of ether oxygens (including phenoxy) is 2. The Bertz CT molecular complexity index is 994. The van der Waals surface area contributed by atoms with Gasteiger partial charge in [0.2, 0.25) is 0 Å². The van der Waals surface area contributed by atoms with Gasteiger partial charge in [-0.2, -0.15) is 0 Å². The fourth-order valence-electron chi connectivity index (χ4n) is 3.14. The Kier molecular flexibility index (Phi) is 4.76. The number of nitrogens with zero attached hydrogens (tertiary/aromatic N) is 1. The first-order valence-electron chi connectivity index (χ1n) is 8.83. The molecule has 1 unspecified atom stereocenters. The van der Waals surface area contributed by atoms with Crippen LogP contribution < -0.4 is 14.9 Å². The predicted octanol–water partition coefficient (Wildman–Crippen LogP) is 4.04. The van der Waals surface area contributed by atoms with Gasteiger partial charge in [-0.05, 0) is 66.2 Å². The van der Waals surface area contributed by atoms with Crippen LogP contribution in [0.25, 0.3) is 5.70 Å². The highest BCUT2D eigenvalue weighted by atomic mass is 16.5. The van der Waals surface area contributed by atoms with Gasteiger partial charge in [-0.25, -0.2) is 5.01 Å². The molecule has 0 fully saturated rings. The van der Waals surface area contributed by atoms with Gasteiger partial charge in [0, 0.05) is 5.56 Å². The van der Waals surface area contributed by atoms with E-state index >= 15 is 0 Å². The van der Waals surface area contributed by atoms with Crippen LogP contribution in [0.1, 0.15) is 27.7 Å². The van der Waals surface area contributed by atoms with Crippen molar-refractivity contribution in [2.75, 3.05) is 14.2 Å². The number of methoxy groups -OCH3 is 2. The molecular formula is C22H20N2O4. The van der Waals surface area contributed by atoms with Crippen molar-refractivity contribution >= 4 is 11.6 Å². The van der Waals surface area contributed by atoms with Crippen molar-refractivity contribution < 1.29 is 18.7 Å². The molecule has 28 heavy (non-hydrogen) atoms. The minimum absolute atomic E-state index is 0.180. The zero-order chi connectivity index (χ0) is 19.5. The molecule has 1 aliphatic rings. The van der Waals surface area contributed by atoms with Gasteiger partial charge in [-0.15, -0.1) is 0 Å². The van der Waals surface area contributed by atoms with Crippen molar-refractivity contribution in [3.05, 3.63) is 89.9 Å². The molecule has 1 amide bonds. The molecule has 2 heterocycles. The van der Waals surface area contributed by atoms with E-state index in [0.29, 0.717) is 17.1 Å². The lowest BCUT2D eigenvalue weighted by molar-refractivity contribution is 0.0654. The van der Waals surface area contributed by atoms with Gasteiger partial charge in [-0.1, -0.05) is 6.07 Å². The second kappa shape index (κ2) is 7.52. The third-order valence-electron chi connectivity index (χ3n) is 4.61. The molecular weight excluding hydrogens is 356 g/mol. The summed E-state index contributed by atoms with van der Waals surface area (Å²) in [5.41, 5.74) is 5.51. The van der Waals surface area contributed by atoms with Gasteiger partial charge in [0.05, 0.1) is 26.2 Å². The average Bonchev–Trinajstić information content (AvgIpc) is 3.43. The van der Waals surface area contributed by atoms with Gasteiger partial charge in [0.1, 0.15) is 23.3 Å². The maximum absolute atomic E-state index is 13.2. The van der Waals surface area contributed by atoms with Crippen LogP contribution in [0.3, 0.4) is 0 Å². The molecule has 0 aliphatic carbocycles. The molecule has 1 atom stereocenters. The first kappa shape index (κ1) is 17.7. The quantitative estimate of drug-likeness (QED) is 0.728. The molecule has 1 aliphatic heterocycles. The van der Waals surface area contributed by atoms with Gasteiger partial charge in [-0.3, -0.25) is 10.2 Å². The van der Waals surface area contributed by atoms with E-state index in [1.807, 2.05) is 42.5 Å². The summed E-state index contributed by atoms with van der Waals surface area (Å²) in [6, 6.07) is 18.0. The number of hydrogen-bond donors (Lipinski definition) is 1. The largest absolute Gasteiger partial charge is 0.497 e. The third-order valence-corrected chi connectivity index (χ3v) is 4.61. The molecule has 6 nitrogen and oxygen atoms in total. The minimum Gasteiger partial charge on any atom is -0.497 e. The summed E-state index contributed by atoms with van der Waals surface area (Å²) in [7, 11) is 3.20. The molecule has 142 valence electrons. The second-order valence-electron chi connectivity index (χ2n) is 6.29. The van der Waals surface area contributed by atoms with Crippen molar-refractivity contribution in [3.8, 4) is 11.5 Å². The summed E-state index contributed by atoms with van der Waals surface area (Å²) in [6.07, 6.45) is 3.57. The van der Waals surface area contributed by atoms with E-state index < -0.39 is 0 Å². The molecule has 0 radical (unpaired) electrons. The predicted molar refractivity (Wildman–Crippen MR) is 105 cm³/mol. The summed E-state index contributed by atoms with van der Waals surface area (Å²) in [5, 5.41) is 1.56. The van der Waals surface area contributed by atoms with Crippen molar-refractivity contribution in [1.82, 2.24) is 10.4 Å². The van der Waals surface area contributed by atoms with Crippen LogP contribution in [-0.4, -0.2) is 25.1 Å². The van der Waals surface area contributed by atoms with Gasteiger partial charge < -0.3 is 13.9 Å². The summed E-state index contributed by atoms with van der Waals surface area (Å²) in [5.74, 6) is 1.89. The highest BCUT2D eigenvalue weighted by molar-refractivity contribution is 5.96. The Hall–Kier alpha value is -3.67. The number of carbonyl (C=O) groups is 1. The van der Waals surface area contributed by atoms with Gasteiger partial charge >= 0.3 is 0 Å². The maximum atomic E-state index is 13.2. The van der Waals surface area contributed by atoms with Crippen LogP contribution in [0.4, 0.5) is 0 Å². The van der Waals surface area contributed by atoms with Crippen LogP contribution in [0.5, 0.6) is 11.5 Å². The molecule has 1 aromatic heterocycles. The molecule has 0 bridgehead atoms. The Morgan fingerprint density at radius 1 is 1.00 bits per heavy atom. The highest BCUT2D eigenvalue weighted by Crippen LogP contribution is 2.33. The molecule has 4 rings (SSSR count). The van der Waals surface area contributed by atoms with E-state index in [4.69, 9.17) is 13.9 Å². The summed E-state index contributed by atoms with van der Waals surface area (Å²) >= 11 is 0. The van der Waals surface area contributed by atoms with E-state index in [0.717, 1.165) is 17.0 Å². The van der Waals surface area contributed by atoms with E-state index in [1.54, 1.807) is 49.8 Å². The first-order chi connectivity index (χ1) is 13.7. The molecule has 0 spiro atoms. The van der Waals surface area contributed by atoms with Crippen LogP contribution in [0, 0.1) is 0 Å². The summed E-state index contributed by atoms with van der Waals surface area (Å²) < 4.78 is 16.0. The molecule has 3 aromatic rings. The number of furan rings is 1.